The molecule has 0 unspecified atom stereocenters. The van der Waals surface area contributed by atoms with Crippen LogP contribution >= 0.6 is 11.3 Å². The molecule has 0 aliphatic carbocycles. The molecule has 2 rings (SSSR count). The number of hydrogen-bond donors (Lipinski definition) is 1. The molecule has 0 atom stereocenters. The largest absolute Gasteiger partial charge is 1.00 e. The van der Waals surface area contributed by atoms with Gasteiger partial charge in [-0.05, 0) is 31.0 Å². The van der Waals surface area contributed by atoms with E-state index in [0.717, 1.165) is 11.3 Å². The summed E-state index contributed by atoms with van der Waals surface area (Å²) in [5.74, 6) is -0.0868. The summed E-state index contributed by atoms with van der Waals surface area (Å²) in [6.45, 7) is 6.26. The van der Waals surface area contributed by atoms with Gasteiger partial charge in [-0.2, -0.15) is 5.26 Å². The summed E-state index contributed by atoms with van der Waals surface area (Å²) >= 11 is 1.10. The topological polar surface area (TPSA) is 83.2 Å². The van der Waals surface area contributed by atoms with Gasteiger partial charge < -0.3 is 11.3 Å². The van der Waals surface area contributed by atoms with Gasteiger partial charge in [0.25, 0.3) is 0 Å². The molecule has 0 fully saturated rings. The number of carbonyl (C=O) groups is 1. The number of ether oxygens (including phenoxy) is 1. The van der Waals surface area contributed by atoms with Crippen molar-refractivity contribution in [2.24, 2.45) is 5.92 Å². The number of aromatic nitrogens is 1. The van der Waals surface area contributed by atoms with Gasteiger partial charge in [0.05, 0.1) is 17.9 Å². The molecule has 7 heteroatoms. The van der Waals surface area contributed by atoms with E-state index in [1.807, 2.05) is 13.8 Å². The number of aromatic carboxylic acids is 1. The minimum atomic E-state index is -0.987. The fraction of sp³-hybridized carbons (Fsp3) is 0.312. The van der Waals surface area contributed by atoms with Crippen molar-refractivity contribution < 1.29 is 45.6 Å². The third kappa shape index (κ3) is 4.79. The minimum Gasteiger partial charge on any atom is -1.00 e. The molecular formula is C16H17N2NaO3S. The van der Waals surface area contributed by atoms with Gasteiger partial charge in [-0.25, -0.2) is 9.78 Å². The van der Waals surface area contributed by atoms with E-state index < -0.39 is 5.97 Å². The Morgan fingerprint density at radius 3 is 2.74 bits per heavy atom. The van der Waals surface area contributed by atoms with Crippen LogP contribution in [0.2, 0.25) is 0 Å². The van der Waals surface area contributed by atoms with Crippen LogP contribution in [0.4, 0.5) is 0 Å². The zero-order valence-corrected chi connectivity index (χ0v) is 16.4. The van der Waals surface area contributed by atoms with Crippen LogP contribution in [0.1, 0.15) is 36.2 Å². The zero-order chi connectivity index (χ0) is 16.3. The number of thiazole rings is 1. The average molecular weight is 340 g/mol. The summed E-state index contributed by atoms with van der Waals surface area (Å²) in [5.41, 5.74) is 1.61. The second kappa shape index (κ2) is 8.46. The maximum atomic E-state index is 11.1. The van der Waals surface area contributed by atoms with Crippen LogP contribution in [-0.2, 0) is 0 Å². The van der Waals surface area contributed by atoms with Crippen LogP contribution in [-0.4, -0.2) is 22.7 Å². The second-order valence-corrected chi connectivity index (χ2v) is 6.27. The van der Waals surface area contributed by atoms with Gasteiger partial charge in [0.1, 0.15) is 21.7 Å². The first-order chi connectivity index (χ1) is 10.4. The van der Waals surface area contributed by atoms with Crippen molar-refractivity contribution >= 4 is 17.3 Å². The Kier molecular flexibility index (Phi) is 7.23. The van der Waals surface area contributed by atoms with Crippen molar-refractivity contribution in [3.05, 3.63) is 34.3 Å². The summed E-state index contributed by atoms with van der Waals surface area (Å²) in [4.78, 5) is 15.6. The summed E-state index contributed by atoms with van der Waals surface area (Å²) in [6, 6.07) is 7.31. The van der Waals surface area contributed by atoms with E-state index in [2.05, 4.69) is 11.1 Å². The van der Waals surface area contributed by atoms with Crippen molar-refractivity contribution in [1.82, 2.24) is 4.98 Å². The number of benzene rings is 1. The molecule has 2 aromatic rings. The molecule has 0 aliphatic heterocycles. The van der Waals surface area contributed by atoms with Gasteiger partial charge in [0.15, 0.2) is 0 Å². The maximum Gasteiger partial charge on any atom is 1.00 e. The Bertz CT molecular complexity index is 756. The van der Waals surface area contributed by atoms with E-state index in [1.54, 1.807) is 25.1 Å². The van der Waals surface area contributed by atoms with Gasteiger partial charge in [-0.1, -0.05) is 13.8 Å². The Morgan fingerprint density at radius 2 is 2.22 bits per heavy atom. The van der Waals surface area contributed by atoms with Crippen LogP contribution in [0, 0.1) is 24.2 Å². The number of rotatable bonds is 5. The molecule has 0 saturated heterocycles. The van der Waals surface area contributed by atoms with Crippen molar-refractivity contribution in [3.8, 4) is 22.4 Å². The van der Waals surface area contributed by atoms with Gasteiger partial charge in [0, 0.05) is 5.56 Å². The Labute approximate surface area is 162 Å². The smallest absolute Gasteiger partial charge is 1.00 e. The average Bonchev–Trinajstić information content (AvgIpc) is 2.87. The Morgan fingerprint density at radius 1 is 1.52 bits per heavy atom. The third-order valence-corrected chi connectivity index (χ3v) is 4.10. The molecular weight excluding hydrogens is 323 g/mol. The van der Waals surface area contributed by atoms with E-state index in [1.165, 1.54) is 0 Å². The molecule has 0 spiro atoms. The fourth-order valence-electron chi connectivity index (χ4n) is 1.85. The SMILES string of the molecule is Cc1nc(-c2ccc(OCC(C)C)c(C#N)c2)sc1C(=O)O.[H-].[Na+]. The van der Waals surface area contributed by atoms with Crippen LogP contribution in [0.5, 0.6) is 5.75 Å². The van der Waals surface area contributed by atoms with E-state index in [4.69, 9.17) is 9.84 Å². The van der Waals surface area contributed by atoms with Crippen LogP contribution in [0.3, 0.4) is 0 Å². The molecule has 116 valence electrons. The molecule has 1 aromatic carbocycles. The number of carboxylic acid groups (broad SMARTS) is 1. The van der Waals surface area contributed by atoms with E-state index >= 15 is 0 Å². The number of hydrogen-bond acceptors (Lipinski definition) is 5. The standard InChI is InChI=1S/C16H16N2O3S.Na.H/c1-9(2)8-21-13-5-4-11(6-12(13)7-17)15-18-10(3)14(22-15)16(19)20;;/h4-6,9H,8H2,1-3H3,(H,19,20);;/q;+1;-1. The molecule has 5 nitrogen and oxygen atoms in total. The second-order valence-electron chi connectivity index (χ2n) is 5.27. The first-order valence-corrected chi connectivity index (χ1v) is 7.62. The summed E-state index contributed by atoms with van der Waals surface area (Å²) in [6.07, 6.45) is 0. The van der Waals surface area contributed by atoms with E-state index in [0.29, 0.717) is 40.1 Å². The van der Waals surface area contributed by atoms with Crippen molar-refractivity contribution in [2.75, 3.05) is 6.61 Å². The number of aryl methyl sites for hydroxylation is 1. The first-order valence-electron chi connectivity index (χ1n) is 6.80. The molecule has 1 aromatic heterocycles. The van der Waals surface area contributed by atoms with Crippen molar-refractivity contribution in [2.45, 2.75) is 20.8 Å². The molecule has 1 N–H and O–H groups in total. The van der Waals surface area contributed by atoms with Gasteiger partial charge in [-0.15, -0.1) is 11.3 Å². The predicted octanol–water partition coefficient (Wildman–Crippen LogP) is 0.840. The van der Waals surface area contributed by atoms with Crippen LogP contribution in [0.25, 0.3) is 10.6 Å². The Hall–Kier alpha value is -1.39. The number of nitriles is 1. The minimum absolute atomic E-state index is 0. The van der Waals surface area contributed by atoms with Crippen molar-refractivity contribution in [1.29, 1.82) is 5.26 Å². The van der Waals surface area contributed by atoms with Crippen LogP contribution in [0.15, 0.2) is 18.2 Å². The molecule has 23 heavy (non-hydrogen) atoms. The first kappa shape index (κ1) is 19.7. The number of nitrogens with zero attached hydrogens (tertiary/aromatic N) is 2. The summed E-state index contributed by atoms with van der Waals surface area (Å²) in [7, 11) is 0. The maximum absolute atomic E-state index is 11.1. The molecule has 0 amide bonds. The quantitative estimate of drug-likeness (QED) is 0.816. The Balaban J connectivity index is 0.00000264. The van der Waals surface area contributed by atoms with Gasteiger partial charge >= 0.3 is 35.5 Å². The van der Waals surface area contributed by atoms with Gasteiger partial charge in [-0.3, -0.25) is 0 Å². The normalized spacial score (nSPS) is 10.0. The molecule has 0 saturated carbocycles. The zero-order valence-electron chi connectivity index (χ0n) is 14.6. The van der Waals surface area contributed by atoms with Gasteiger partial charge in [0.2, 0.25) is 0 Å². The molecule has 0 radical (unpaired) electrons. The fourth-order valence-corrected chi connectivity index (χ4v) is 2.75. The third-order valence-electron chi connectivity index (χ3n) is 2.91. The van der Waals surface area contributed by atoms with Crippen molar-refractivity contribution in [3.63, 3.8) is 0 Å². The molecule has 0 aliphatic rings. The molecule has 0 bridgehead atoms. The summed E-state index contributed by atoms with van der Waals surface area (Å²) < 4.78 is 5.61. The van der Waals surface area contributed by atoms with Crippen LogP contribution < -0.4 is 34.3 Å². The number of carboxylic acids is 1. The summed E-state index contributed by atoms with van der Waals surface area (Å²) in [5, 5.41) is 18.9. The predicted molar refractivity (Wildman–Crippen MR) is 85.4 cm³/mol. The van der Waals surface area contributed by atoms with E-state index in [-0.39, 0.29) is 35.9 Å². The van der Waals surface area contributed by atoms with E-state index in [9.17, 15) is 10.1 Å². The molecule has 1 heterocycles. The monoisotopic (exact) mass is 340 g/mol.